The molecule has 1 saturated heterocycles. The van der Waals surface area contributed by atoms with Crippen molar-refractivity contribution in [1.82, 2.24) is 15.6 Å². The predicted octanol–water partition coefficient (Wildman–Crippen LogP) is 4.56. The molecule has 3 aliphatic rings. The maximum Gasteiger partial charge on any atom is 0.408 e. The number of pyridine rings is 1. The van der Waals surface area contributed by atoms with Crippen molar-refractivity contribution in [3.8, 4) is 11.5 Å². The molecule has 2 fully saturated rings. The lowest BCUT2D eigenvalue weighted by Crippen LogP contribution is -2.49. The van der Waals surface area contributed by atoms with Crippen molar-refractivity contribution in [3.63, 3.8) is 0 Å². The van der Waals surface area contributed by atoms with Gasteiger partial charge in [0.05, 0.1) is 25.4 Å². The summed E-state index contributed by atoms with van der Waals surface area (Å²) in [7, 11) is 3.07. The number of rotatable bonds is 11. The number of hydrogen-bond acceptors (Lipinski definition) is 9. The molecule has 1 aromatic heterocycles. The number of hydrogen-bond donors (Lipinski definition) is 3. The smallest absolute Gasteiger partial charge is 0.408 e. The Morgan fingerprint density at radius 3 is 2.70 bits per heavy atom. The second-order valence-corrected chi connectivity index (χ2v) is 13.5. The molecular formula is C33H45N3O8. The number of alkyl carbamates (subject to hydrolysis) is 1. The Morgan fingerprint density at radius 1 is 1.20 bits per heavy atom. The standard InChI is InChI=1S/C33H45N3O8/c1-32(2,3)28(29(37)38)36-31(40)43-26-15-19(26)9-7-6-8-10-24-27-21(22-16-20(41-4)11-12-23(22)35-24)13-14-33(44-27)17-25(34-18-33)30(39)42-5/h11-12,16,19,25-26,28,34H,6-10,13-15,17-18H2,1-5H3,(H,36,40)(H,37,38). The second kappa shape index (κ2) is 12.8. The van der Waals surface area contributed by atoms with E-state index in [2.05, 4.69) is 10.6 Å². The fourth-order valence-corrected chi connectivity index (χ4v) is 6.52. The van der Waals surface area contributed by atoms with Crippen LogP contribution in [0.1, 0.15) is 77.0 Å². The van der Waals surface area contributed by atoms with E-state index in [1.54, 1.807) is 27.9 Å². The normalized spacial score (nSPS) is 24.7. The molecule has 0 radical (unpaired) electrons. The Labute approximate surface area is 258 Å². The Morgan fingerprint density at radius 2 is 2.00 bits per heavy atom. The van der Waals surface area contributed by atoms with Crippen molar-refractivity contribution < 1.29 is 38.4 Å². The molecular weight excluding hydrogens is 566 g/mol. The molecule has 3 heterocycles. The average molecular weight is 612 g/mol. The number of fused-ring (bicyclic) bond motifs is 3. The van der Waals surface area contributed by atoms with E-state index in [-0.39, 0.29) is 18.1 Å². The zero-order valence-corrected chi connectivity index (χ0v) is 26.4. The van der Waals surface area contributed by atoms with E-state index in [4.69, 9.17) is 23.9 Å². The Bertz CT molecular complexity index is 1410. The number of aromatic nitrogens is 1. The van der Waals surface area contributed by atoms with E-state index in [1.165, 1.54) is 7.11 Å². The molecule has 3 N–H and O–H groups in total. The summed E-state index contributed by atoms with van der Waals surface area (Å²) in [6.07, 6.45) is 6.80. The van der Waals surface area contributed by atoms with Crippen LogP contribution in [0.2, 0.25) is 0 Å². The van der Waals surface area contributed by atoms with Gasteiger partial charge in [-0.2, -0.15) is 0 Å². The highest BCUT2D eigenvalue weighted by Crippen LogP contribution is 2.44. The van der Waals surface area contributed by atoms with Gasteiger partial charge in [0.2, 0.25) is 0 Å². The first-order valence-electron chi connectivity index (χ1n) is 15.6. The van der Waals surface area contributed by atoms with E-state index in [0.29, 0.717) is 18.9 Å². The number of ether oxygens (including phenoxy) is 4. The van der Waals surface area contributed by atoms with Crippen molar-refractivity contribution in [2.24, 2.45) is 11.3 Å². The van der Waals surface area contributed by atoms with Crippen LogP contribution in [0.5, 0.6) is 11.5 Å². The van der Waals surface area contributed by atoms with Crippen LogP contribution in [0.4, 0.5) is 4.79 Å². The molecule has 44 heavy (non-hydrogen) atoms. The predicted molar refractivity (Wildman–Crippen MR) is 163 cm³/mol. The van der Waals surface area contributed by atoms with Crippen LogP contribution < -0.4 is 20.1 Å². The lowest BCUT2D eigenvalue weighted by atomic mass is 9.86. The Balaban J connectivity index is 1.17. The summed E-state index contributed by atoms with van der Waals surface area (Å²) in [4.78, 5) is 41.1. The molecule has 5 rings (SSSR count). The quantitative estimate of drug-likeness (QED) is 0.244. The van der Waals surface area contributed by atoms with Crippen LogP contribution in [0.3, 0.4) is 0 Å². The van der Waals surface area contributed by atoms with Crippen LogP contribution in [0.15, 0.2) is 18.2 Å². The average Bonchev–Trinajstić information content (AvgIpc) is 3.59. The lowest BCUT2D eigenvalue weighted by Gasteiger charge is -2.36. The first-order valence-corrected chi connectivity index (χ1v) is 15.6. The number of methoxy groups -OCH3 is 2. The second-order valence-electron chi connectivity index (χ2n) is 13.5. The van der Waals surface area contributed by atoms with Gasteiger partial charge in [-0.3, -0.25) is 4.79 Å². The molecule has 1 amide bonds. The summed E-state index contributed by atoms with van der Waals surface area (Å²) in [5, 5.41) is 16.3. The highest BCUT2D eigenvalue weighted by Gasteiger charge is 2.47. The van der Waals surface area contributed by atoms with Gasteiger partial charge in [-0.05, 0) is 68.1 Å². The molecule has 11 nitrogen and oxygen atoms in total. The number of unbranched alkanes of at least 4 members (excludes halogenated alkanes) is 2. The van der Waals surface area contributed by atoms with Crippen molar-refractivity contribution >= 4 is 28.9 Å². The number of carboxylic acid groups (broad SMARTS) is 1. The molecule has 1 spiro atoms. The zero-order chi connectivity index (χ0) is 31.6. The van der Waals surface area contributed by atoms with E-state index in [1.807, 2.05) is 18.2 Å². The summed E-state index contributed by atoms with van der Waals surface area (Å²) < 4.78 is 22.7. The number of amides is 1. The van der Waals surface area contributed by atoms with E-state index in [0.717, 1.165) is 85.0 Å². The molecule has 240 valence electrons. The van der Waals surface area contributed by atoms with Gasteiger partial charge in [0, 0.05) is 23.9 Å². The molecule has 2 aromatic rings. The van der Waals surface area contributed by atoms with E-state index >= 15 is 0 Å². The number of nitrogens with one attached hydrogen (secondary N) is 2. The third-order valence-electron chi connectivity index (χ3n) is 9.18. The number of aryl methyl sites for hydroxylation is 2. The summed E-state index contributed by atoms with van der Waals surface area (Å²) >= 11 is 0. The molecule has 1 aromatic carbocycles. The van der Waals surface area contributed by atoms with Crippen molar-refractivity contribution in [3.05, 3.63) is 29.5 Å². The van der Waals surface area contributed by atoms with Crippen molar-refractivity contribution in [2.75, 3.05) is 20.8 Å². The van der Waals surface area contributed by atoms with Crippen molar-refractivity contribution in [2.45, 2.75) is 102 Å². The monoisotopic (exact) mass is 611 g/mol. The molecule has 0 bridgehead atoms. The summed E-state index contributed by atoms with van der Waals surface area (Å²) in [5.41, 5.74) is 1.91. The molecule has 5 atom stereocenters. The lowest BCUT2D eigenvalue weighted by molar-refractivity contribution is -0.143. The zero-order valence-electron chi connectivity index (χ0n) is 26.4. The summed E-state index contributed by atoms with van der Waals surface area (Å²) in [6, 6.07) is 4.56. The maximum atomic E-state index is 12.3. The molecule has 1 aliphatic carbocycles. The maximum absolute atomic E-state index is 12.3. The van der Waals surface area contributed by atoms with Crippen LogP contribution >= 0.6 is 0 Å². The van der Waals surface area contributed by atoms with Crippen LogP contribution in [-0.4, -0.2) is 72.7 Å². The third kappa shape index (κ3) is 7.03. The fourth-order valence-electron chi connectivity index (χ4n) is 6.52. The number of carbonyl (C=O) groups excluding carboxylic acids is 2. The number of nitrogens with zero attached hydrogens (tertiary/aromatic N) is 1. The van der Waals surface area contributed by atoms with Crippen molar-refractivity contribution in [1.29, 1.82) is 0 Å². The van der Waals surface area contributed by atoms with Gasteiger partial charge >= 0.3 is 18.0 Å². The Kier molecular flexibility index (Phi) is 9.25. The summed E-state index contributed by atoms with van der Waals surface area (Å²) in [6.45, 7) is 5.88. The van der Waals surface area contributed by atoms with Gasteiger partial charge < -0.3 is 34.7 Å². The van der Waals surface area contributed by atoms with Gasteiger partial charge in [0.1, 0.15) is 35.3 Å². The largest absolute Gasteiger partial charge is 0.497 e. The molecule has 1 saturated carbocycles. The molecule has 11 heteroatoms. The fraction of sp³-hybridized carbons (Fsp3) is 0.636. The minimum Gasteiger partial charge on any atom is -0.497 e. The highest BCUT2D eigenvalue weighted by atomic mass is 16.6. The number of carbonyl (C=O) groups is 3. The van der Waals surface area contributed by atoms with Crippen LogP contribution in [0.25, 0.3) is 10.9 Å². The van der Waals surface area contributed by atoms with E-state index in [9.17, 15) is 19.5 Å². The minimum absolute atomic E-state index is 0.158. The van der Waals surface area contributed by atoms with Gasteiger partial charge in [-0.15, -0.1) is 0 Å². The topological polar surface area (TPSA) is 145 Å². The molecule has 5 unspecified atom stereocenters. The number of esters is 1. The number of benzene rings is 1. The van der Waals surface area contributed by atoms with Gasteiger partial charge in [0.25, 0.3) is 0 Å². The minimum atomic E-state index is -1.07. The van der Waals surface area contributed by atoms with Crippen LogP contribution in [0, 0.1) is 11.3 Å². The first-order chi connectivity index (χ1) is 20.9. The van der Waals surface area contributed by atoms with Gasteiger partial charge in [-0.1, -0.05) is 33.6 Å². The number of carboxylic acids is 1. The summed E-state index contributed by atoms with van der Waals surface area (Å²) in [5.74, 6) is 0.575. The Hall–Kier alpha value is -3.60. The van der Waals surface area contributed by atoms with Gasteiger partial charge in [0.15, 0.2) is 0 Å². The highest BCUT2D eigenvalue weighted by molar-refractivity contribution is 5.86. The van der Waals surface area contributed by atoms with Crippen LogP contribution in [-0.2, 0) is 31.9 Å². The SMILES string of the molecule is COC(=O)C1CC2(CCc3c(c(CCCCCC4CC4OC(=O)NC(C(=O)O)C(C)(C)C)nc4ccc(OC)cc34)O2)CN1. The number of aliphatic carboxylic acids is 1. The molecule has 2 aliphatic heterocycles. The van der Waals surface area contributed by atoms with E-state index < -0.39 is 29.1 Å². The third-order valence-corrected chi connectivity index (χ3v) is 9.18. The van der Waals surface area contributed by atoms with Gasteiger partial charge in [-0.25, -0.2) is 14.6 Å². The first kappa shape index (κ1) is 31.8.